The van der Waals surface area contributed by atoms with Crippen LogP contribution in [0.4, 0.5) is 0 Å². The molecule has 3 nitrogen and oxygen atoms in total. The summed E-state index contributed by atoms with van der Waals surface area (Å²) in [6.45, 7) is 3.74. The average molecular weight is 245 g/mol. The van der Waals surface area contributed by atoms with Crippen LogP contribution in [-0.2, 0) is 4.79 Å². The molecule has 94 valence electrons. The quantitative estimate of drug-likeness (QED) is 0.780. The Labute approximate surface area is 102 Å². The summed E-state index contributed by atoms with van der Waals surface area (Å²) in [5.74, 6) is -1.02. The molecule has 0 radical (unpaired) electrons. The van der Waals surface area contributed by atoms with Crippen LogP contribution in [0.25, 0.3) is 0 Å². The molecule has 0 aromatic heterocycles. The van der Waals surface area contributed by atoms with Crippen LogP contribution in [0.3, 0.4) is 0 Å². The fourth-order valence-corrected chi connectivity index (χ4v) is 2.94. The lowest BCUT2D eigenvalue weighted by Gasteiger charge is -2.31. The highest BCUT2D eigenvalue weighted by Crippen LogP contribution is 2.27. The number of hydrogen-bond acceptors (Lipinski definition) is 3. The molecule has 1 fully saturated rings. The van der Waals surface area contributed by atoms with Gasteiger partial charge in [-0.1, -0.05) is 6.92 Å². The van der Waals surface area contributed by atoms with E-state index >= 15 is 0 Å². The number of carboxylic acids is 1. The molecule has 2 N–H and O–H groups in total. The van der Waals surface area contributed by atoms with E-state index in [2.05, 4.69) is 11.6 Å². The summed E-state index contributed by atoms with van der Waals surface area (Å²) in [5, 5.41) is 13.2. The van der Waals surface area contributed by atoms with Gasteiger partial charge in [0.25, 0.3) is 0 Å². The molecule has 2 unspecified atom stereocenters. The average Bonchev–Trinajstić information content (AvgIpc) is 2.28. The van der Waals surface area contributed by atoms with Gasteiger partial charge in [-0.15, -0.1) is 0 Å². The number of carboxylic acid groups (broad SMARTS) is 1. The van der Waals surface area contributed by atoms with Gasteiger partial charge in [0.15, 0.2) is 0 Å². The minimum Gasteiger partial charge on any atom is -0.481 e. The third kappa shape index (κ3) is 3.98. The van der Waals surface area contributed by atoms with E-state index in [1.54, 1.807) is 6.92 Å². The number of hydrogen-bond donors (Lipinski definition) is 2. The van der Waals surface area contributed by atoms with Crippen molar-refractivity contribution in [1.29, 1.82) is 0 Å². The summed E-state index contributed by atoms with van der Waals surface area (Å²) in [5.41, 5.74) is 0. The molecule has 1 rings (SSSR count). The van der Waals surface area contributed by atoms with Crippen LogP contribution in [-0.4, -0.2) is 34.7 Å². The lowest BCUT2D eigenvalue weighted by Crippen LogP contribution is -2.44. The fourth-order valence-electron chi connectivity index (χ4n) is 2.20. The standard InChI is InChI=1S/C12H23NO2S/c1-8(12(14)15)9(2)13-10-4-6-11(16-3)7-5-10/h8-11,13H,4-7H2,1-3H3,(H,14,15). The van der Waals surface area contributed by atoms with Crippen LogP contribution >= 0.6 is 11.8 Å². The minimum atomic E-state index is -0.710. The highest BCUT2D eigenvalue weighted by molar-refractivity contribution is 7.99. The Morgan fingerprint density at radius 3 is 2.31 bits per heavy atom. The summed E-state index contributed by atoms with van der Waals surface area (Å²) >= 11 is 1.96. The maximum absolute atomic E-state index is 10.8. The van der Waals surface area contributed by atoms with E-state index < -0.39 is 5.97 Å². The molecule has 1 saturated carbocycles. The molecule has 0 aromatic carbocycles. The molecule has 0 aliphatic heterocycles. The third-order valence-electron chi connectivity index (χ3n) is 3.65. The zero-order chi connectivity index (χ0) is 12.1. The highest BCUT2D eigenvalue weighted by atomic mass is 32.2. The van der Waals surface area contributed by atoms with Crippen molar-refractivity contribution < 1.29 is 9.90 Å². The first kappa shape index (κ1) is 13.8. The Balaban J connectivity index is 2.30. The van der Waals surface area contributed by atoms with E-state index in [1.807, 2.05) is 18.7 Å². The van der Waals surface area contributed by atoms with Gasteiger partial charge in [0.05, 0.1) is 5.92 Å². The van der Waals surface area contributed by atoms with E-state index in [9.17, 15) is 4.79 Å². The lowest BCUT2D eigenvalue weighted by atomic mass is 9.93. The Kier molecular flexibility index (Phi) is 5.62. The van der Waals surface area contributed by atoms with Gasteiger partial charge in [-0.3, -0.25) is 4.79 Å². The molecule has 1 aliphatic carbocycles. The second kappa shape index (κ2) is 6.50. The van der Waals surface area contributed by atoms with Crippen LogP contribution in [0.15, 0.2) is 0 Å². The van der Waals surface area contributed by atoms with Crippen molar-refractivity contribution in [3.8, 4) is 0 Å². The Morgan fingerprint density at radius 1 is 1.31 bits per heavy atom. The summed E-state index contributed by atoms with van der Waals surface area (Å²) in [7, 11) is 0. The molecule has 0 bridgehead atoms. The Morgan fingerprint density at radius 2 is 1.88 bits per heavy atom. The molecule has 0 saturated heterocycles. The number of aliphatic carboxylic acids is 1. The first-order valence-electron chi connectivity index (χ1n) is 6.06. The molecule has 16 heavy (non-hydrogen) atoms. The molecule has 0 aromatic rings. The van der Waals surface area contributed by atoms with Crippen molar-refractivity contribution >= 4 is 17.7 Å². The van der Waals surface area contributed by atoms with Gasteiger partial charge >= 0.3 is 5.97 Å². The van der Waals surface area contributed by atoms with Gasteiger partial charge in [-0.05, 0) is 38.9 Å². The van der Waals surface area contributed by atoms with Crippen LogP contribution in [0.2, 0.25) is 0 Å². The van der Waals surface area contributed by atoms with Crippen LogP contribution < -0.4 is 5.32 Å². The second-order valence-corrected chi connectivity index (χ2v) is 5.93. The zero-order valence-electron chi connectivity index (χ0n) is 10.4. The molecule has 2 atom stereocenters. The van der Waals surface area contributed by atoms with E-state index in [1.165, 1.54) is 25.7 Å². The first-order chi connectivity index (χ1) is 7.54. The molecule has 1 aliphatic rings. The zero-order valence-corrected chi connectivity index (χ0v) is 11.2. The first-order valence-corrected chi connectivity index (χ1v) is 7.35. The van der Waals surface area contributed by atoms with Gasteiger partial charge in [0.1, 0.15) is 0 Å². The van der Waals surface area contributed by atoms with E-state index in [0.717, 1.165) is 5.25 Å². The monoisotopic (exact) mass is 245 g/mol. The SMILES string of the molecule is CSC1CCC(NC(C)C(C)C(=O)O)CC1. The lowest BCUT2D eigenvalue weighted by molar-refractivity contribution is -0.142. The number of thioether (sulfide) groups is 1. The molecular formula is C12H23NO2S. The van der Waals surface area contributed by atoms with Gasteiger partial charge in [-0.2, -0.15) is 11.8 Å². The largest absolute Gasteiger partial charge is 0.481 e. The van der Waals surface area contributed by atoms with Crippen molar-refractivity contribution in [2.24, 2.45) is 5.92 Å². The van der Waals surface area contributed by atoms with E-state index in [4.69, 9.17) is 5.11 Å². The predicted octanol–water partition coefficient (Wildman–Crippen LogP) is 2.36. The minimum absolute atomic E-state index is 0.0633. The van der Waals surface area contributed by atoms with Gasteiger partial charge in [-0.25, -0.2) is 0 Å². The normalized spacial score (nSPS) is 29.7. The van der Waals surface area contributed by atoms with Crippen molar-refractivity contribution in [3.05, 3.63) is 0 Å². The van der Waals surface area contributed by atoms with E-state index in [0.29, 0.717) is 6.04 Å². The van der Waals surface area contributed by atoms with Crippen LogP contribution in [0, 0.1) is 5.92 Å². The maximum Gasteiger partial charge on any atom is 0.307 e. The number of carbonyl (C=O) groups is 1. The van der Waals surface area contributed by atoms with Gasteiger partial charge in [0.2, 0.25) is 0 Å². The van der Waals surface area contributed by atoms with Crippen molar-refractivity contribution in [2.45, 2.75) is 56.9 Å². The smallest absolute Gasteiger partial charge is 0.307 e. The summed E-state index contributed by atoms with van der Waals surface area (Å²) in [4.78, 5) is 10.8. The summed E-state index contributed by atoms with van der Waals surface area (Å²) in [6, 6.07) is 0.577. The predicted molar refractivity (Wildman–Crippen MR) is 69.0 cm³/mol. The molecule has 4 heteroatoms. The van der Waals surface area contributed by atoms with Gasteiger partial charge in [0, 0.05) is 17.3 Å². The van der Waals surface area contributed by atoms with Crippen molar-refractivity contribution in [3.63, 3.8) is 0 Å². The number of nitrogens with one attached hydrogen (secondary N) is 1. The summed E-state index contributed by atoms with van der Waals surface area (Å²) < 4.78 is 0. The highest BCUT2D eigenvalue weighted by Gasteiger charge is 2.25. The van der Waals surface area contributed by atoms with Crippen LogP contribution in [0.1, 0.15) is 39.5 Å². The van der Waals surface area contributed by atoms with Crippen LogP contribution in [0.5, 0.6) is 0 Å². The molecule has 0 heterocycles. The third-order valence-corrected chi connectivity index (χ3v) is 4.78. The molecule has 0 amide bonds. The molecule has 0 spiro atoms. The molecular weight excluding hydrogens is 222 g/mol. The van der Waals surface area contributed by atoms with Crippen molar-refractivity contribution in [1.82, 2.24) is 5.32 Å². The maximum atomic E-state index is 10.8. The Hall–Kier alpha value is -0.220. The summed E-state index contributed by atoms with van der Waals surface area (Å²) in [6.07, 6.45) is 7.05. The van der Waals surface area contributed by atoms with Gasteiger partial charge < -0.3 is 10.4 Å². The topological polar surface area (TPSA) is 49.3 Å². The van der Waals surface area contributed by atoms with Crippen molar-refractivity contribution in [2.75, 3.05) is 6.26 Å². The Bertz CT molecular complexity index is 227. The van der Waals surface area contributed by atoms with E-state index in [-0.39, 0.29) is 12.0 Å². The number of rotatable bonds is 5. The fraction of sp³-hybridized carbons (Fsp3) is 0.917. The second-order valence-electron chi connectivity index (χ2n) is 4.79.